The largest absolute Gasteiger partial charge is 0.382 e. The van der Waals surface area contributed by atoms with Crippen LogP contribution in [0.3, 0.4) is 0 Å². The SMILES string of the molecule is CN(C)[P+](O[SH]1C=Nc2ccccc21)(N(C)C)N(C)C. The van der Waals surface area contributed by atoms with Gasteiger partial charge < -0.3 is 0 Å². The summed E-state index contributed by atoms with van der Waals surface area (Å²) < 4.78 is 13.2. The number of aliphatic imine (C=N–C) groups is 1. The Hall–Kier alpha value is -0.490. The zero-order valence-electron chi connectivity index (χ0n) is 13.0. The first-order valence-corrected chi connectivity index (χ1v) is 9.33. The molecule has 0 N–H and O–H groups in total. The molecule has 0 aliphatic carbocycles. The molecule has 20 heavy (non-hydrogen) atoms. The number of rotatable bonds is 5. The lowest BCUT2D eigenvalue weighted by molar-refractivity contribution is 0.371. The summed E-state index contributed by atoms with van der Waals surface area (Å²) in [5.74, 6) is 0. The van der Waals surface area contributed by atoms with Gasteiger partial charge in [0.1, 0.15) is 0 Å². The van der Waals surface area contributed by atoms with E-state index in [0.717, 1.165) is 5.69 Å². The normalized spacial score (nSPS) is 20.1. The van der Waals surface area contributed by atoms with Crippen molar-refractivity contribution in [1.82, 2.24) is 14.0 Å². The molecule has 112 valence electrons. The highest BCUT2D eigenvalue weighted by atomic mass is 32.2. The quantitative estimate of drug-likeness (QED) is 0.668. The van der Waals surface area contributed by atoms with Crippen molar-refractivity contribution in [2.24, 2.45) is 4.99 Å². The fourth-order valence-corrected chi connectivity index (χ4v) is 8.72. The monoisotopic (exact) mass is 315 g/mol. The zero-order chi connectivity index (χ0) is 14.9. The Balaban J connectivity index is 2.33. The van der Waals surface area contributed by atoms with Gasteiger partial charge in [-0.3, -0.25) is 0 Å². The van der Waals surface area contributed by atoms with E-state index in [4.69, 9.17) is 3.97 Å². The van der Waals surface area contributed by atoms with E-state index in [1.807, 2.05) is 23.7 Å². The van der Waals surface area contributed by atoms with Crippen LogP contribution < -0.4 is 0 Å². The molecule has 1 aliphatic rings. The second-order valence-corrected chi connectivity index (χ2v) is 10.6. The minimum atomic E-state index is -1.98. The molecule has 0 saturated carbocycles. The van der Waals surface area contributed by atoms with Crippen molar-refractivity contribution in [3.8, 4) is 0 Å². The van der Waals surface area contributed by atoms with Crippen LogP contribution in [0.1, 0.15) is 0 Å². The van der Waals surface area contributed by atoms with Gasteiger partial charge >= 0.3 is 7.94 Å². The first-order chi connectivity index (χ1) is 9.39. The number of fused-ring (bicyclic) bond motifs is 1. The summed E-state index contributed by atoms with van der Waals surface area (Å²) >= 11 is -0.814. The summed E-state index contributed by atoms with van der Waals surface area (Å²) in [6.45, 7) is 0. The van der Waals surface area contributed by atoms with E-state index >= 15 is 0 Å². The lowest BCUT2D eigenvalue weighted by Gasteiger charge is -2.38. The molecule has 0 saturated heterocycles. The van der Waals surface area contributed by atoms with E-state index in [-0.39, 0.29) is 0 Å². The number of hydrogen-bond donors (Lipinski definition) is 1. The number of nitrogens with zero attached hydrogens (tertiary/aromatic N) is 4. The Bertz CT molecular complexity index is 485. The van der Waals surface area contributed by atoms with Gasteiger partial charge in [-0.25, -0.2) is 4.99 Å². The fourth-order valence-electron chi connectivity index (χ4n) is 2.41. The first-order valence-electron chi connectivity index (χ1n) is 6.44. The van der Waals surface area contributed by atoms with Crippen molar-refractivity contribution in [3.05, 3.63) is 24.3 Å². The van der Waals surface area contributed by atoms with E-state index in [1.165, 1.54) is 4.90 Å². The van der Waals surface area contributed by atoms with Crippen LogP contribution in [0.15, 0.2) is 34.2 Å². The van der Waals surface area contributed by atoms with Crippen LogP contribution in [-0.4, -0.2) is 61.8 Å². The molecule has 1 unspecified atom stereocenters. The van der Waals surface area contributed by atoms with Crippen molar-refractivity contribution in [3.63, 3.8) is 0 Å². The van der Waals surface area contributed by atoms with Gasteiger partial charge in [0, 0.05) is 47.2 Å². The van der Waals surface area contributed by atoms with E-state index in [1.54, 1.807) is 0 Å². The maximum atomic E-state index is 6.61. The van der Waals surface area contributed by atoms with Gasteiger partial charge in [-0.1, -0.05) is 12.1 Å². The van der Waals surface area contributed by atoms with E-state index in [9.17, 15) is 0 Å². The predicted octanol–water partition coefficient (Wildman–Crippen LogP) is 3.01. The number of thiol groups is 1. The number of para-hydroxylation sites is 1. The Morgan fingerprint density at radius 3 is 2.05 bits per heavy atom. The van der Waals surface area contributed by atoms with Gasteiger partial charge in [-0.05, 0) is 23.3 Å². The molecular formula is C13H24N4OPS+. The molecule has 0 aromatic heterocycles. The number of hydrogen-bond acceptors (Lipinski definition) is 5. The summed E-state index contributed by atoms with van der Waals surface area (Å²) in [6, 6.07) is 8.22. The molecule has 1 aromatic rings. The molecule has 7 heteroatoms. The van der Waals surface area contributed by atoms with E-state index in [2.05, 4.69) is 67.4 Å². The second kappa shape index (κ2) is 6.10. The Kier molecular flexibility index (Phi) is 4.84. The molecule has 1 atom stereocenters. The van der Waals surface area contributed by atoms with Crippen LogP contribution >= 0.6 is 19.1 Å². The molecule has 0 spiro atoms. The average Bonchev–Trinajstić information content (AvgIpc) is 2.77. The summed E-state index contributed by atoms with van der Waals surface area (Å²) in [7, 11) is 10.5. The van der Waals surface area contributed by atoms with Gasteiger partial charge in [-0.2, -0.15) is 0 Å². The topological polar surface area (TPSA) is 31.3 Å². The molecule has 1 heterocycles. The maximum absolute atomic E-state index is 6.61. The summed E-state index contributed by atoms with van der Waals surface area (Å²) in [5.41, 5.74) is 3.00. The Labute approximate surface area is 125 Å². The maximum Gasteiger partial charge on any atom is 0.382 e. The van der Waals surface area contributed by atoms with Gasteiger partial charge in [-0.15, -0.1) is 18.0 Å². The van der Waals surface area contributed by atoms with Crippen LogP contribution in [0, 0.1) is 0 Å². The van der Waals surface area contributed by atoms with Gasteiger partial charge in [0.05, 0.1) is 11.2 Å². The molecule has 1 aromatic carbocycles. The van der Waals surface area contributed by atoms with Gasteiger partial charge in [0.25, 0.3) is 0 Å². The summed E-state index contributed by atoms with van der Waals surface area (Å²) in [6.07, 6.45) is 0. The molecule has 0 radical (unpaired) electrons. The molecule has 5 nitrogen and oxygen atoms in total. The van der Waals surface area contributed by atoms with Gasteiger partial charge in [0.2, 0.25) is 0 Å². The van der Waals surface area contributed by atoms with Gasteiger partial charge in [0.15, 0.2) is 0 Å². The zero-order valence-corrected chi connectivity index (χ0v) is 14.8. The van der Waals surface area contributed by atoms with Crippen molar-refractivity contribution >= 4 is 30.4 Å². The summed E-state index contributed by atoms with van der Waals surface area (Å²) in [4.78, 5) is 5.69. The van der Waals surface area contributed by atoms with Crippen LogP contribution in [0.2, 0.25) is 0 Å². The molecule has 0 fully saturated rings. The van der Waals surface area contributed by atoms with Crippen molar-refractivity contribution < 1.29 is 3.97 Å². The molecule has 0 amide bonds. The van der Waals surface area contributed by atoms with Crippen molar-refractivity contribution in [2.45, 2.75) is 4.90 Å². The smallest absolute Gasteiger partial charge is 0.248 e. The lowest BCUT2D eigenvalue weighted by atomic mass is 10.3. The van der Waals surface area contributed by atoms with Crippen LogP contribution in [0.5, 0.6) is 0 Å². The lowest BCUT2D eigenvalue weighted by Crippen LogP contribution is -2.36. The minimum Gasteiger partial charge on any atom is -0.248 e. The van der Waals surface area contributed by atoms with E-state index < -0.39 is 19.1 Å². The molecule has 2 rings (SSSR count). The Morgan fingerprint density at radius 1 is 0.950 bits per heavy atom. The molecular weight excluding hydrogens is 291 g/mol. The van der Waals surface area contributed by atoms with Crippen molar-refractivity contribution in [1.29, 1.82) is 0 Å². The van der Waals surface area contributed by atoms with Crippen LogP contribution in [0.25, 0.3) is 0 Å². The third-order valence-electron chi connectivity index (χ3n) is 3.18. The molecule has 0 bridgehead atoms. The third kappa shape index (κ3) is 2.64. The summed E-state index contributed by atoms with van der Waals surface area (Å²) in [5, 5.41) is 0. The minimum absolute atomic E-state index is 0.814. The van der Waals surface area contributed by atoms with Crippen LogP contribution in [-0.2, 0) is 3.97 Å². The average molecular weight is 315 g/mol. The highest BCUT2D eigenvalue weighted by Crippen LogP contribution is 2.71. The highest BCUT2D eigenvalue weighted by molar-refractivity contribution is 8.27. The second-order valence-electron chi connectivity index (χ2n) is 5.20. The highest BCUT2D eigenvalue weighted by Gasteiger charge is 2.53. The predicted molar refractivity (Wildman–Crippen MR) is 90.9 cm³/mol. The van der Waals surface area contributed by atoms with Crippen molar-refractivity contribution in [2.75, 3.05) is 42.3 Å². The Morgan fingerprint density at radius 2 is 1.50 bits per heavy atom. The number of benzene rings is 1. The first kappa shape index (κ1) is 15.9. The van der Waals surface area contributed by atoms with E-state index in [0.29, 0.717) is 0 Å². The standard InChI is InChI=1S/C13H24N4OPS/c1-15(2)19(16(3)4,17(5)6)18-20-11-14-12-9-7-8-10-13(12)20/h7-11,20H,1-6H3/q+1. The fraction of sp³-hybridized carbons (Fsp3) is 0.462. The molecule has 1 aliphatic heterocycles. The van der Waals surface area contributed by atoms with Crippen LogP contribution in [0.4, 0.5) is 5.69 Å². The third-order valence-corrected chi connectivity index (χ3v) is 9.07.